The number of hydrogen-bond donors (Lipinski definition) is 2. The van der Waals surface area contributed by atoms with Crippen LogP contribution in [0.15, 0.2) is 122 Å². The number of anilines is 3. The number of fused-ring (bicyclic) bond motifs is 1. The lowest BCUT2D eigenvalue weighted by atomic mass is 9.74. The van der Waals surface area contributed by atoms with Crippen LogP contribution in [-0.2, 0) is 20.9 Å². The monoisotopic (exact) mass is 642 g/mol. The van der Waals surface area contributed by atoms with Crippen LogP contribution in [0.5, 0.6) is 11.5 Å². The molecule has 8 heteroatoms. The molecule has 48 heavy (non-hydrogen) atoms. The zero-order valence-electron chi connectivity index (χ0n) is 27.0. The lowest BCUT2D eigenvalue weighted by Crippen LogP contribution is -2.54. The molecule has 0 radical (unpaired) electrons. The molecule has 1 heterocycles. The molecular formula is C40H42N4O4. The van der Waals surface area contributed by atoms with Gasteiger partial charge in [0.1, 0.15) is 17.5 Å². The quantitative estimate of drug-likeness (QED) is 0.151. The number of carbonyl (C=O) groups is 3. The molecule has 3 amide bonds. The molecule has 1 aliphatic heterocycles. The van der Waals surface area contributed by atoms with Crippen molar-refractivity contribution in [2.75, 3.05) is 16.3 Å². The molecule has 1 fully saturated rings. The molecule has 0 aromatic heterocycles. The Kier molecular flexibility index (Phi) is 10.2. The Morgan fingerprint density at radius 3 is 2.21 bits per heavy atom. The molecule has 0 spiro atoms. The first-order valence-corrected chi connectivity index (χ1v) is 16.7. The van der Waals surface area contributed by atoms with E-state index in [-0.39, 0.29) is 24.9 Å². The first-order chi connectivity index (χ1) is 23.4. The van der Waals surface area contributed by atoms with Gasteiger partial charge in [0.15, 0.2) is 0 Å². The Morgan fingerprint density at radius 2 is 1.54 bits per heavy atom. The number of hydrogen-bond acceptors (Lipinski definition) is 5. The maximum atomic E-state index is 14.7. The van der Waals surface area contributed by atoms with Crippen molar-refractivity contribution in [3.63, 3.8) is 0 Å². The second-order valence-corrected chi connectivity index (χ2v) is 12.7. The summed E-state index contributed by atoms with van der Waals surface area (Å²) in [7, 11) is 0. The maximum absolute atomic E-state index is 14.7. The molecule has 3 atom stereocenters. The zero-order valence-corrected chi connectivity index (χ0v) is 27.0. The third kappa shape index (κ3) is 7.44. The standard InChI is InChI=1S/C40H42N4O4/c1-2-13-33(38(41)45)34(25-28-14-11-15-28)39(46)42-35-27-43(30-17-5-3-6-18-30)36-22-9-10-23-37(36)44(40(35)47)26-29-16-12-21-32(24-29)48-31-19-7-4-8-20-31/h2-10,12,16-24,28,33-35H,1,11,13-15,25-27H2,(H2,41,45)(H,42,46)/t33-,34+,35?/m0/s1. The predicted octanol–water partition coefficient (Wildman–Crippen LogP) is 7.13. The molecule has 3 N–H and O–H groups in total. The van der Waals surface area contributed by atoms with Gasteiger partial charge in [0.2, 0.25) is 11.8 Å². The van der Waals surface area contributed by atoms with Crippen molar-refractivity contribution in [3.05, 3.63) is 127 Å². The molecule has 1 unspecified atom stereocenters. The van der Waals surface area contributed by atoms with Gasteiger partial charge in [0.05, 0.1) is 36.3 Å². The van der Waals surface area contributed by atoms with Crippen LogP contribution in [0.1, 0.15) is 37.7 Å². The minimum absolute atomic E-state index is 0.206. The van der Waals surface area contributed by atoms with Gasteiger partial charge in [-0.25, -0.2) is 0 Å². The van der Waals surface area contributed by atoms with E-state index in [1.807, 2.05) is 109 Å². The number of nitrogens with one attached hydrogen (secondary N) is 1. The smallest absolute Gasteiger partial charge is 0.251 e. The normalized spacial score (nSPS) is 17.3. The maximum Gasteiger partial charge on any atom is 0.251 e. The van der Waals surface area contributed by atoms with Crippen molar-refractivity contribution >= 4 is 34.8 Å². The lowest BCUT2D eigenvalue weighted by Gasteiger charge is -2.33. The summed E-state index contributed by atoms with van der Waals surface area (Å²) in [5, 5.41) is 3.11. The Balaban J connectivity index is 1.35. The number of amides is 3. The molecule has 1 saturated carbocycles. The van der Waals surface area contributed by atoms with Crippen molar-refractivity contribution in [1.29, 1.82) is 0 Å². The van der Waals surface area contributed by atoms with Gasteiger partial charge >= 0.3 is 0 Å². The molecule has 0 bridgehead atoms. The summed E-state index contributed by atoms with van der Waals surface area (Å²) in [4.78, 5) is 45.3. The average molecular weight is 643 g/mol. The summed E-state index contributed by atoms with van der Waals surface area (Å²) in [6.45, 7) is 4.27. The first-order valence-electron chi connectivity index (χ1n) is 16.7. The van der Waals surface area contributed by atoms with Crippen LogP contribution < -0.4 is 25.6 Å². The number of ether oxygens (including phenoxy) is 1. The molecule has 246 valence electrons. The second kappa shape index (κ2) is 15.0. The number of para-hydroxylation sites is 4. The number of allylic oxidation sites excluding steroid dienone is 1. The van der Waals surface area contributed by atoms with E-state index in [1.54, 1.807) is 11.0 Å². The Labute approximate surface area is 282 Å². The van der Waals surface area contributed by atoms with E-state index in [0.717, 1.165) is 41.9 Å². The van der Waals surface area contributed by atoms with E-state index in [4.69, 9.17) is 10.5 Å². The SMILES string of the molecule is C=CC[C@H](C(N)=O)[C@@H](CC1CCC1)C(=O)NC1CN(c2ccccc2)c2ccccc2N(Cc2cccc(Oc3ccccc3)c2)C1=O. The van der Waals surface area contributed by atoms with E-state index >= 15 is 0 Å². The number of benzene rings is 4. The highest BCUT2D eigenvalue weighted by Gasteiger charge is 2.40. The largest absolute Gasteiger partial charge is 0.457 e. The van der Waals surface area contributed by atoms with Gasteiger partial charge < -0.3 is 25.6 Å². The van der Waals surface area contributed by atoms with Gasteiger partial charge in [0.25, 0.3) is 5.91 Å². The summed E-state index contributed by atoms with van der Waals surface area (Å²) in [5.41, 5.74) is 9.18. The minimum Gasteiger partial charge on any atom is -0.457 e. The Hall–Kier alpha value is -5.37. The third-order valence-corrected chi connectivity index (χ3v) is 9.42. The highest BCUT2D eigenvalue weighted by Crippen LogP contribution is 2.39. The van der Waals surface area contributed by atoms with Crippen LogP contribution in [0.4, 0.5) is 17.1 Å². The van der Waals surface area contributed by atoms with Crippen molar-refractivity contribution in [3.8, 4) is 11.5 Å². The zero-order chi connectivity index (χ0) is 33.5. The number of rotatable bonds is 13. The van der Waals surface area contributed by atoms with Crippen molar-refractivity contribution < 1.29 is 19.1 Å². The minimum atomic E-state index is -0.907. The van der Waals surface area contributed by atoms with Gasteiger partial charge in [-0.05, 0) is 72.9 Å². The Bertz CT molecular complexity index is 1740. The Morgan fingerprint density at radius 1 is 0.875 bits per heavy atom. The molecule has 2 aliphatic rings. The van der Waals surface area contributed by atoms with Crippen LogP contribution >= 0.6 is 0 Å². The fourth-order valence-corrected chi connectivity index (χ4v) is 6.70. The van der Waals surface area contributed by atoms with Gasteiger partial charge in [-0.1, -0.05) is 86.0 Å². The van der Waals surface area contributed by atoms with Crippen LogP contribution in [-0.4, -0.2) is 30.3 Å². The van der Waals surface area contributed by atoms with Crippen LogP contribution in [0.3, 0.4) is 0 Å². The van der Waals surface area contributed by atoms with Crippen LogP contribution in [0, 0.1) is 17.8 Å². The van der Waals surface area contributed by atoms with Gasteiger partial charge in [-0.15, -0.1) is 6.58 Å². The van der Waals surface area contributed by atoms with Crippen molar-refractivity contribution in [1.82, 2.24) is 5.32 Å². The summed E-state index contributed by atoms with van der Waals surface area (Å²) in [6, 6.07) is 34.0. The summed E-state index contributed by atoms with van der Waals surface area (Å²) < 4.78 is 6.10. The number of carbonyl (C=O) groups excluding carboxylic acids is 3. The van der Waals surface area contributed by atoms with Gasteiger partial charge in [-0.2, -0.15) is 0 Å². The predicted molar refractivity (Wildman–Crippen MR) is 189 cm³/mol. The molecule has 4 aromatic carbocycles. The van der Waals surface area contributed by atoms with Crippen molar-refractivity contribution in [2.24, 2.45) is 23.5 Å². The molecule has 8 nitrogen and oxygen atoms in total. The highest BCUT2D eigenvalue weighted by atomic mass is 16.5. The average Bonchev–Trinajstić information content (AvgIpc) is 3.19. The number of nitrogens with two attached hydrogens (primary N) is 1. The van der Waals surface area contributed by atoms with E-state index in [9.17, 15) is 14.4 Å². The third-order valence-electron chi connectivity index (χ3n) is 9.42. The van der Waals surface area contributed by atoms with E-state index in [1.165, 1.54) is 0 Å². The van der Waals surface area contributed by atoms with Crippen LogP contribution in [0.2, 0.25) is 0 Å². The van der Waals surface area contributed by atoms with E-state index in [2.05, 4.69) is 16.8 Å². The first kappa shape index (κ1) is 32.6. The van der Waals surface area contributed by atoms with Gasteiger partial charge in [-0.3, -0.25) is 14.4 Å². The summed E-state index contributed by atoms with van der Waals surface area (Å²) in [5.74, 6) is -0.737. The topological polar surface area (TPSA) is 105 Å². The molecular weight excluding hydrogens is 600 g/mol. The fraction of sp³-hybridized carbons (Fsp3) is 0.275. The number of nitrogens with zero attached hydrogens (tertiary/aromatic N) is 2. The molecule has 0 saturated heterocycles. The van der Waals surface area contributed by atoms with E-state index < -0.39 is 23.8 Å². The molecule has 6 rings (SSSR count). The van der Waals surface area contributed by atoms with Crippen LogP contribution in [0.25, 0.3) is 0 Å². The second-order valence-electron chi connectivity index (χ2n) is 12.7. The molecule has 4 aromatic rings. The lowest BCUT2D eigenvalue weighted by molar-refractivity contribution is -0.136. The van der Waals surface area contributed by atoms with Gasteiger partial charge in [0, 0.05) is 5.69 Å². The summed E-state index contributed by atoms with van der Waals surface area (Å²) in [6.07, 6.45) is 5.63. The van der Waals surface area contributed by atoms with Crippen molar-refractivity contribution in [2.45, 2.75) is 44.7 Å². The molecule has 1 aliphatic carbocycles. The van der Waals surface area contributed by atoms with E-state index in [0.29, 0.717) is 30.3 Å². The number of primary amides is 1. The fourth-order valence-electron chi connectivity index (χ4n) is 6.70. The highest BCUT2D eigenvalue weighted by molar-refractivity contribution is 6.04. The summed E-state index contributed by atoms with van der Waals surface area (Å²) >= 11 is 0.